The van der Waals surface area contributed by atoms with E-state index in [1.807, 2.05) is 6.07 Å². The van der Waals surface area contributed by atoms with Crippen molar-refractivity contribution in [3.05, 3.63) is 47.5 Å². The summed E-state index contributed by atoms with van der Waals surface area (Å²) in [5, 5.41) is 4.85. The highest BCUT2D eigenvalue weighted by molar-refractivity contribution is 6.70. The van der Waals surface area contributed by atoms with Crippen LogP contribution in [0.3, 0.4) is 0 Å². The fourth-order valence-corrected chi connectivity index (χ4v) is 10.8. The van der Waals surface area contributed by atoms with Gasteiger partial charge < -0.3 is 13.7 Å². The Balaban J connectivity index is 1.34. The lowest BCUT2D eigenvalue weighted by Gasteiger charge is -2.58. The summed E-state index contributed by atoms with van der Waals surface area (Å²) in [4.78, 5) is 6.03. The minimum atomic E-state index is -1.67. The molecule has 222 valence electrons. The smallest absolute Gasteiger partial charge is 0.184 e. The average molecular weight is 582 g/mol. The van der Waals surface area contributed by atoms with Crippen LogP contribution in [-0.4, -0.2) is 35.1 Å². The molecule has 7 unspecified atom stereocenters. The Kier molecular flexibility index (Phi) is 8.67. The Morgan fingerprint density at radius 1 is 0.900 bits per heavy atom. The van der Waals surface area contributed by atoms with Gasteiger partial charge in [-0.25, -0.2) is 0 Å². The number of nitrogens with zero attached hydrogens (tertiary/aromatic N) is 1. The summed E-state index contributed by atoms with van der Waals surface area (Å²) in [6, 6.07) is 10.4. The number of oxime groups is 1. The topological polar surface area (TPSA) is 40.0 Å². The first-order valence-electron chi connectivity index (χ1n) is 16.0. The van der Waals surface area contributed by atoms with E-state index in [0.717, 1.165) is 35.4 Å². The van der Waals surface area contributed by atoms with Crippen LogP contribution in [0.5, 0.6) is 0 Å². The third kappa shape index (κ3) is 6.40. The molecule has 1 aromatic carbocycles. The Morgan fingerprint density at radius 2 is 1.65 bits per heavy atom. The summed E-state index contributed by atoms with van der Waals surface area (Å²) in [6.07, 6.45) is 13.2. The van der Waals surface area contributed by atoms with Gasteiger partial charge in [0, 0.05) is 12.0 Å². The van der Waals surface area contributed by atoms with Crippen LogP contribution in [-0.2, 0) is 20.3 Å². The Hall–Kier alpha value is -1.22. The van der Waals surface area contributed by atoms with Crippen molar-refractivity contribution in [2.45, 2.75) is 117 Å². The van der Waals surface area contributed by atoms with E-state index in [1.165, 1.54) is 44.9 Å². The first kappa shape index (κ1) is 30.2. The van der Waals surface area contributed by atoms with Crippen LogP contribution in [0.1, 0.15) is 70.8 Å². The van der Waals surface area contributed by atoms with Crippen molar-refractivity contribution >= 4 is 22.3 Å². The Morgan fingerprint density at radius 3 is 2.35 bits per heavy atom. The lowest BCUT2D eigenvalue weighted by Crippen LogP contribution is -2.51. The number of benzene rings is 1. The van der Waals surface area contributed by atoms with Crippen molar-refractivity contribution in [1.82, 2.24) is 0 Å². The molecule has 3 saturated carbocycles. The van der Waals surface area contributed by atoms with Gasteiger partial charge in [-0.05, 0) is 125 Å². The zero-order valence-electron chi connectivity index (χ0n) is 26.6. The van der Waals surface area contributed by atoms with Crippen LogP contribution in [0.25, 0.3) is 0 Å². The highest BCUT2D eigenvalue weighted by atomic mass is 28.4. The maximum absolute atomic E-state index is 6.61. The number of fused-ring (bicyclic) bond motifs is 5. The molecule has 5 rings (SSSR count). The van der Waals surface area contributed by atoms with Crippen LogP contribution in [0.2, 0.25) is 39.3 Å². The summed E-state index contributed by atoms with van der Waals surface area (Å²) in [5.41, 5.74) is 4.68. The highest BCUT2D eigenvalue weighted by Crippen LogP contribution is 2.66. The van der Waals surface area contributed by atoms with Crippen LogP contribution in [0, 0.1) is 34.5 Å². The van der Waals surface area contributed by atoms with Crippen molar-refractivity contribution in [2.24, 2.45) is 39.7 Å². The molecular formula is C34H55NO3Si2. The maximum Gasteiger partial charge on any atom is 0.184 e. The SMILES string of the molecule is CC12CCC(O[Si](C)(C)C)CC1=CCC1C2CCC2(C)C(C(CO[Si](C)(C)C)=NOCc3ccccc3)CCC12. The molecule has 0 N–H and O–H groups in total. The van der Waals surface area contributed by atoms with Gasteiger partial charge in [-0.1, -0.05) is 61.0 Å². The molecule has 0 aliphatic heterocycles. The predicted octanol–water partition coefficient (Wildman–Crippen LogP) is 9.21. The highest BCUT2D eigenvalue weighted by Gasteiger charge is 2.59. The van der Waals surface area contributed by atoms with Gasteiger partial charge in [0.2, 0.25) is 0 Å². The molecule has 1 aromatic rings. The lowest BCUT2D eigenvalue weighted by molar-refractivity contribution is -0.0417. The second kappa shape index (κ2) is 11.5. The van der Waals surface area contributed by atoms with Crippen molar-refractivity contribution in [1.29, 1.82) is 0 Å². The zero-order valence-corrected chi connectivity index (χ0v) is 28.6. The van der Waals surface area contributed by atoms with Gasteiger partial charge in [-0.15, -0.1) is 0 Å². The number of allylic oxidation sites excluding steroid dienone is 1. The van der Waals surface area contributed by atoms with Gasteiger partial charge in [0.05, 0.1) is 12.3 Å². The molecule has 0 heterocycles. The molecule has 0 bridgehead atoms. The summed E-state index contributed by atoms with van der Waals surface area (Å²) in [5.74, 6) is 2.80. The second-order valence-electron chi connectivity index (χ2n) is 15.8. The molecular weight excluding hydrogens is 527 g/mol. The molecule has 0 spiro atoms. The predicted molar refractivity (Wildman–Crippen MR) is 171 cm³/mol. The molecule has 0 aromatic heterocycles. The van der Waals surface area contributed by atoms with Crippen molar-refractivity contribution in [3.63, 3.8) is 0 Å². The summed E-state index contributed by atoms with van der Waals surface area (Å²) < 4.78 is 13.1. The summed E-state index contributed by atoms with van der Waals surface area (Å²) in [7, 11) is -3.18. The minimum absolute atomic E-state index is 0.277. The standard InChI is InChI=1S/C34H55NO3Si2/c1-33-20-18-27(38-40(6,7)8)22-26(33)14-15-28-29-16-17-31(34(29,2)21-19-30(28)33)32(24-37-39(3,4)5)35-36-23-25-12-10-9-11-13-25/h9-14,27-31H,15-24H2,1-8H3. The first-order valence-corrected chi connectivity index (χ1v) is 22.8. The molecule has 3 fully saturated rings. The van der Waals surface area contributed by atoms with E-state index in [2.05, 4.69) is 83.5 Å². The molecule has 0 saturated heterocycles. The third-order valence-corrected chi connectivity index (χ3v) is 12.9. The monoisotopic (exact) mass is 581 g/mol. The molecule has 4 nitrogen and oxygen atoms in total. The molecule has 6 heteroatoms. The van der Waals surface area contributed by atoms with Crippen molar-refractivity contribution < 1.29 is 13.7 Å². The van der Waals surface area contributed by atoms with E-state index in [-0.39, 0.29) is 5.41 Å². The molecule has 40 heavy (non-hydrogen) atoms. The summed E-state index contributed by atoms with van der Waals surface area (Å²) in [6.45, 7) is 20.2. The van der Waals surface area contributed by atoms with Gasteiger partial charge in [-0.2, -0.15) is 0 Å². The normalized spacial score (nSPS) is 36.4. The fourth-order valence-electron chi connectivity index (χ4n) is 9.02. The van der Waals surface area contributed by atoms with Gasteiger partial charge in [0.15, 0.2) is 16.6 Å². The fraction of sp³-hybridized carbons (Fsp3) is 0.735. The zero-order chi connectivity index (χ0) is 28.8. The van der Waals surface area contributed by atoms with E-state index in [0.29, 0.717) is 30.7 Å². The van der Waals surface area contributed by atoms with Crippen LogP contribution in [0.15, 0.2) is 47.1 Å². The van der Waals surface area contributed by atoms with E-state index in [1.54, 1.807) is 5.57 Å². The second-order valence-corrected chi connectivity index (χ2v) is 24.7. The maximum atomic E-state index is 6.61. The Bertz CT molecular complexity index is 1090. The molecule has 4 aliphatic rings. The molecule has 7 atom stereocenters. The van der Waals surface area contributed by atoms with Crippen LogP contribution >= 0.6 is 0 Å². The minimum Gasteiger partial charge on any atom is -0.414 e. The van der Waals surface area contributed by atoms with E-state index in [4.69, 9.17) is 18.8 Å². The van der Waals surface area contributed by atoms with E-state index >= 15 is 0 Å². The molecule has 0 radical (unpaired) electrons. The van der Waals surface area contributed by atoms with E-state index < -0.39 is 16.6 Å². The Labute approximate surface area is 246 Å². The van der Waals surface area contributed by atoms with E-state index in [9.17, 15) is 0 Å². The molecule has 0 amide bonds. The third-order valence-electron chi connectivity index (χ3n) is 10.9. The number of hydrogen-bond donors (Lipinski definition) is 0. The average Bonchev–Trinajstić information content (AvgIpc) is 3.22. The largest absolute Gasteiger partial charge is 0.414 e. The van der Waals surface area contributed by atoms with Gasteiger partial charge in [0.1, 0.15) is 6.61 Å². The number of rotatable bonds is 9. The number of hydrogen-bond acceptors (Lipinski definition) is 4. The van der Waals surface area contributed by atoms with Crippen LogP contribution < -0.4 is 0 Å². The quantitative estimate of drug-likeness (QED) is 0.126. The van der Waals surface area contributed by atoms with Crippen molar-refractivity contribution in [3.8, 4) is 0 Å². The van der Waals surface area contributed by atoms with Gasteiger partial charge in [0.25, 0.3) is 0 Å². The van der Waals surface area contributed by atoms with Crippen LogP contribution in [0.4, 0.5) is 0 Å². The molecule has 4 aliphatic carbocycles. The van der Waals surface area contributed by atoms with Crippen molar-refractivity contribution in [2.75, 3.05) is 6.61 Å². The lowest BCUT2D eigenvalue weighted by atomic mass is 9.47. The summed E-state index contributed by atoms with van der Waals surface area (Å²) >= 11 is 0. The first-order chi connectivity index (χ1) is 18.8. The van der Waals surface area contributed by atoms with Gasteiger partial charge in [-0.3, -0.25) is 0 Å². The van der Waals surface area contributed by atoms with Gasteiger partial charge >= 0.3 is 0 Å².